The molecule has 0 amide bonds. The fourth-order valence-electron chi connectivity index (χ4n) is 4.93. The number of hydrogen-bond acceptors (Lipinski definition) is 3. The van der Waals surface area contributed by atoms with Crippen LogP contribution in [0.5, 0.6) is 0 Å². The molecule has 0 aromatic carbocycles. The molecular formula is C27H56O3. The molecule has 0 heterocycles. The average molecular weight is 429 g/mol. The summed E-state index contributed by atoms with van der Waals surface area (Å²) in [6.07, 6.45) is 6.51. The van der Waals surface area contributed by atoms with Gasteiger partial charge in [-0.05, 0) is 56.8 Å². The van der Waals surface area contributed by atoms with Crippen LogP contribution in [0, 0.1) is 22.2 Å². The van der Waals surface area contributed by atoms with E-state index in [9.17, 15) is 5.11 Å². The van der Waals surface area contributed by atoms with Gasteiger partial charge >= 0.3 is 0 Å². The quantitative estimate of drug-likeness (QED) is 0.274. The maximum atomic E-state index is 9.89. The lowest BCUT2D eigenvalue weighted by Gasteiger charge is -2.46. The standard InChI is InChI=1S/C27H56O3/c1-13-17-23(5,6)19-24(7,8)21-30-26(11,15-3)22(14-2)18-29-27(12,16-4)25(9,10)20-28/h22,28H,13-21H2,1-12H3. The van der Waals surface area contributed by atoms with E-state index in [2.05, 4.69) is 83.1 Å². The molecule has 3 unspecified atom stereocenters. The maximum absolute atomic E-state index is 9.89. The van der Waals surface area contributed by atoms with E-state index in [1.54, 1.807) is 0 Å². The predicted octanol–water partition coefficient (Wildman–Crippen LogP) is 7.64. The molecule has 3 nitrogen and oxygen atoms in total. The minimum Gasteiger partial charge on any atom is -0.396 e. The summed E-state index contributed by atoms with van der Waals surface area (Å²) in [5, 5.41) is 9.89. The zero-order valence-corrected chi connectivity index (χ0v) is 22.7. The van der Waals surface area contributed by atoms with Crippen molar-refractivity contribution in [2.24, 2.45) is 22.2 Å². The van der Waals surface area contributed by atoms with Gasteiger partial charge in [-0.2, -0.15) is 0 Å². The van der Waals surface area contributed by atoms with E-state index in [0.29, 0.717) is 17.9 Å². The molecule has 3 heteroatoms. The average Bonchev–Trinajstić information content (AvgIpc) is 2.65. The van der Waals surface area contributed by atoms with Crippen LogP contribution in [0.15, 0.2) is 0 Å². The third kappa shape index (κ3) is 8.43. The first-order valence-electron chi connectivity index (χ1n) is 12.5. The van der Waals surface area contributed by atoms with Crippen LogP contribution in [-0.4, -0.2) is 36.1 Å². The minimum absolute atomic E-state index is 0.122. The fourth-order valence-corrected chi connectivity index (χ4v) is 4.93. The Balaban J connectivity index is 5.26. The Hall–Kier alpha value is -0.120. The molecule has 0 aromatic heterocycles. The zero-order valence-electron chi connectivity index (χ0n) is 22.7. The van der Waals surface area contributed by atoms with Crippen LogP contribution in [0.1, 0.15) is 122 Å². The van der Waals surface area contributed by atoms with E-state index in [0.717, 1.165) is 25.9 Å². The highest BCUT2D eigenvalue weighted by Crippen LogP contribution is 2.41. The summed E-state index contributed by atoms with van der Waals surface area (Å²) in [5.74, 6) is 0.322. The van der Waals surface area contributed by atoms with Crippen molar-refractivity contribution < 1.29 is 14.6 Å². The van der Waals surface area contributed by atoms with Crippen molar-refractivity contribution in [1.82, 2.24) is 0 Å². The Morgan fingerprint density at radius 2 is 1.33 bits per heavy atom. The van der Waals surface area contributed by atoms with Gasteiger partial charge in [0.05, 0.1) is 31.0 Å². The van der Waals surface area contributed by atoms with Crippen molar-refractivity contribution in [3.63, 3.8) is 0 Å². The molecule has 0 rings (SSSR count). The van der Waals surface area contributed by atoms with Gasteiger partial charge in [-0.15, -0.1) is 0 Å². The summed E-state index contributed by atoms with van der Waals surface area (Å²) in [6.45, 7) is 28.5. The van der Waals surface area contributed by atoms with Gasteiger partial charge in [0, 0.05) is 11.3 Å². The van der Waals surface area contributed by atoms with Crippen LogP contribution >= 0.6 is 0 Å². The lowest BCUT2D eigenvalue weighted by molar-refractivity contribution is -0.173. The Morgan fingerprint density at radius 3 is 1.73 bits per heavy atom. The first-order chi connectivity index (χ1) is 13.6. The highest BCUT2D eigenvalue weighted by molar-refractivity contribution is 4.92. The molecule has 182 valence electrons. The molecule has 0 bridgehead atoms. The predicted molar refractivity (Wildman–Crippen MR) is 131 cm³/mol. The SMILES string of the molecule is CCCC(C)(C)CC(C)(C)COC(C)(CC)C(CC)COC(C)(CC)C(C)(C)CO. The van der Waals surface area contributed by atoms with E-state index < -0.39 is 0 Å². The van der Waals surface area contributed by atoms with Crippen LogP contribution in [-0.2, 0) is 9.47 Å². The summed E-state index contributed by atoms with van der Waals surface area (Å²) < 4.78 is 13.2. The van der Waals surface area contributed by atoms with Crippen LogP contribution in [0.25, 0.3) is 0 Å². The molecule has 30 heavy (non-hydrogen) atoms. The number of hydrogen-bond donors (Lipinski definition) is 1. The monoisotopic (exact) mass is 428 g/mol. The van der Waals surface area contributed by atoms with Crippen LogP contribution in [0.3, 0.4) is 0 Å². The summed E-state index contributed by atoms with van der Waals surface area (Å²) in [6, 6.07) is 0. The van der Waals surface area contributed by atoms with Gasteiger partial charge in [-0.25, -0.2) is 0 Å². The van der Waals surface area contributed by atoms with Gasteiger partial charge in [-0.3, -0.25) is 0 Å². The second-order valence-corrected chi connectivity index (χ2v) is 12.3. The molecule has 1 N–H and O–H groups in total. The van der Waals surface area contributed by atoms with Gasteiger partial charge in [-0.1, -0.05) is 75.7 Å². The number of aliphatic hydroxyl groups excluding tert-OH is 1. The second-order valence-electron chi connectivity index (χ2n) is 12.3. The molecule has 0 radical (unpaired) electrons. The Kier molecular flexibility index (Phi) is 11.6. The maximum Gasteiger partial charge on any atom is 0.0724 e. The lowest BCUT2D eigenvalue weighted by Crippen LogP contribution is -2.49. The Bertz CT molecular complexity index is 482. The molecule has 0 aliphatic carbocycles. The minimum atomic E-state index is -0.354. The highest BCUT2D eigenvalue weighted by Gasteiger charge is 2.43. The topological polar surface area (TPSA) is 38.7 Å². The molecule has 0 saturated heterocycles. The lowest BCUT2D eigenvalue weighted by atomic mass is 9.73. The molecule has 0 aromatic rings. The van der Waals surface area contributed by atoms with Crippen molar-refractivity contribution in [2.75, 3.05) is 19.8 Å². The zero-order chi connectivity index (χ0) is 23.9. The smallest absolute Gasteiger partial charge is 0.0724 e. The number of aliphatic hydroxyl groups is 1. The number of rotatable bonds is 16. The summed E-state index contributed by atoms with van der Waals surface area (Å²) in [4.78, 5) is 0. The molecular weight excluding hydrogens is 372 g/mol. The first kappa shape index (κ1) is 29.9. The van der Waals surface area contributed by atoms with Gasteiger partial charge in [0.2, 0.25) is 0 Å². The molecule has 3 atom stereocenters. The summed E-state index contributed by atoms with van der Waals surface area (Å²) >= 11 is 0. The molecule has 0 saturated carbocycles. The van der Waals surface area contributed by atoms with Crippen molar-refractivity contribution in [1.29, 1.82) is 0 Å². The van der Waals surface area contributed by atoms with E-state index in [-0.39, 0.29) is 28.6 Å². The molecule has 0 aliphatic rings. The van der Waals surface area contributed by atoms with E-state index in [1.807, 2.05) is 0 Å². The fraction of sp³-hybridized carbons (Fsp3) is 1.00. The van der Waals surface area contributed by atoms with Crippen LogP contribution < -0.4 is 0 Å². The normalized spacial score (nSPS) is 18.7. The van der Waals surface area contributed by atoms with E-state index in [1.165, 1.54) is 19.3 Å². The summed E-state index contributed by atoms with van der Waals surface area (Å²) in [5.41, 5.74) is -0.357. The largest absolute Gasteiger partial charge is 0.396 e. The molecule has 0 spiro atoms. The van der Waals surface area contributed by atoms with Gasteiger partial charge in [0.15, 0.2) is 0 Å². The van der Waals surface area contributed by atoms with Gasteiger partial charge in [0.25, 0.3) is 0 Å². The third-order valence-electron chi connectivity index (χ3n) is 7.84. The Labute approximate surface area is 189 Å². The molecule has 0 aliphatic heterocycles. The Morgan fingerprint density at radius 1 is 0.767 bits per heavy atom. The highest BCUT2D eigenvalue weighted by atomic mass is 16.5. The molecule has 0 fully saturated rings. The van der Waals surface area contributed by atoms with Gasteiger partial charge < -0.3 is 14.6 Å². The van der Waals surface area contributed by atoms with E-state index >= 15 is 0 Å². The van der Waals surface area contributed by atoms with Crippen LogP contribution in [0.4, 0.5) is 0 Å². The van der Waals surface area contributed by atoms with Gasteiger partial charge in [0.1, 0.15) is 0 Å². The van der Waals surface area contributed by atoms with Crippen molar-refractivity contribution in [3.8, 4) is 0 Å². The third-order valence-corrected chi connectivity index (χ3v) is 7.84. The summed E-state index contributed by atoms with van der Waals surface area (Å²) in [7, 11) is 0. The first-order valence-corrected chi connectivity index (χ1v) is 12.5. The van der Waals surface area contributed by atoms with Crippen molar-refractivity contribution in [2.45, 2.75) is 133 Å². The van der Waals surface area contributed by atoms with Crippen molar-refractivity contribution >= 4 is 0 Å². The number of ether oxygens (including phenoxy) is 2. The van der Waals surface area contributed by atoms with Crippen LogP contribution in [0.2, 0.25) is 0 Å². The second kappa shape index (κ2) is 11.7. The van der Waals surface area contributed by atoms with Crippen molar-refractivity contribution in [3.05, 3.63) is 0 Å². The van der Waals surface area contributed by atoms with E-state index in [4.69, 9.17) is 9.47 Å².